The summed E-state index contributed by atoms with van der Waals surface area (Å²) in [5, 5.41) is 4.69. The van der Waals surface area contributed by atoms with Crippen molar-refractivity contribution in [3.63, 3.8) is 0 Å². The Morgan fingerprint density at radius 1 is 1.20 bits per heavy atom. The van der Waals surface area contributed by atoms with Crippen molar-refractivity contribution in [3.8, 4) is 0 Å². The lowest BCUT2D eigenvalue weighted by molar-refractivity contribution is -0.118. The minimum Gasteiger partial charge on any atom is -0.338 e. The maximum absolute atomic E-state index is 11.6. The van der Waals surface area contributed by atoms with Crippen LogP contribution in [0.5, 0.6) is 0 Å². The van der Waals surface area contributed by atoms with Gasteiger partial charge in [-0.25, -0.2) is 14.5 Å². The molecule has 0 unspecified atom stereocenters. The number of nitrogens with zero attached hydrogens (tertiary/aromatic N) is 1. The minimum atomic E-state index is -0.656. The number of urea groups is 2. The number of benzene rings is 1. The van der Waals surface area contributed by atoms with Gasteiger partial charge in [-0.3, -0.25) is 10.1 Å². The van der Waals surface area contributed by atoms with Gasteiger partial charge in [0, 0.05) is 6.54 Å². The number of carbonyl (C=O) groups is 3. The summed E-state index contributed by atoms with van der Waals surface area (Å²) in [4.78, 5) is 34.7. The second-order valence-electron chi connectivity index (χ2n) is 4.61. The largest absolute Gasteiger partial charge is 0.338 e. The van der Waals surface area contributed by atoms with Gasteiger partial charge in [-0.15, -0.1) is 0 Å². The average Bonchev–Trinajstić information content (AvgIpc) is 2.78. The van der Waals surface area contributed by atoms with Gasteiger partial charge >= 0.3 is 12.1 Å². The lowest BCUT2D eigenvalue weighted by atomic mass is 10.1. The first kappa shape index (κ1) is 14.0. The predicted molar refractivity (Wildman–Crippen MR) is 73.0 cm³/mol. The molecule has 0 bridgehead atoms. The molecule has 1 aromatic rings. The van der Waals surface area contributed by atoms with E-state index in [9.17, 15) is 14.4 Å². The van der Waals surface area contributed by atoms with E-state index in [0.717, 1.165) is 24.2 Å². The van der Waals surface area contributed by atoms with Crippen LogP contribution in [0.3, 0.4) is 0 Å². The van der Waals surface area contributed by atoms with Crippen molar-refractivity contribution in [2.45, 2.75) is 19.3 Å². The molecule has 6 heteroatoms. The molecular weight excluding hydrogens is 258 g/mol. The molecule has 6 nitrogen and oxygen atoms in total. The Kier molecular flexibility index (Phi) is 4.70. The standard InChI is InChI=1S/C14H17N3O3/c18-12-10-17(14(20)16-12)13(19)15-9-5-4-8-11-6-2-1-3-7-11/h1-3,6-7H,4-5,8-10H2,(H,15,19)(H,16,18,20). The number of rotatable bonds is 5. The third kappa shape index (κ3) is 3.81. The quantitative estimate of drug-likeness (QED) is 0.627. The normalized spacial score (nSPS) is 14.3. The molecule has 0 saturated carbocycles. The van der Waals surface area contributed by atoms with E-state index in [1.54, 1.807) is 0 Å². The molecule has 1 aliphatic rings. The molecule has 20 heavy (non-hydrogen) atoms. The summed E-state index contributed by atoms with van der Waals surface area (Å²) in [6.45, 7) is 0.290. The van der Waals surface area contributed by atoms with E-state index < -0.39 is 18.0 Å². The van der Waals surface area contributed by atoms with Crippen LogP contribution in [0.1, 0.15) is 18.4 Å². The Hall–Kier alpha value is -2.37. The van der Waals surface area contributed by atoms with Crippen LogP contribution in [0.25, 0.3) is 0 Å². The van der Waals surface area contributed by atoms with Crippen LogP contribution in [-0.2, 0) is 11.2 Å². The van der Waals surface area contributed by atoms with Crippen molar-refractivity contribution in [2.24, 2.45) is 0 Å². The first-order chi connectivity index (χ1) is 9.66. The summed E-state index contributed by atoms with van der Waals surface area (Å²) in [7, 11) is 0. The molecule has 0 radical (unpaired) electrons. The van der Waals surface area contributed by atoms with E-state index in [0.29, 0.717) is 6.54 Å². The Morgan fingerprint density at radius 3 is 2.60 bits per heavy atom. The Labute approximate surface area is 117 Å². The van der Waals surface area contributed by atoms with E-state index in [1.165, 1.54) is 5.56 Å². The molecule has 2 rings (SSSR count). The van der Waals surface area contributed by atoms with Crippen LogP contribution >= 0.6 is 0 Å². The van der Waals surface area contributed by atoms with Crippen molar-refractivity contribution < 1.29 is 14.4 Å². The zero-order valence-corrected chi connectivity index (χ0v) is 11.1. The third-order valence-electron chi connectivity index (χ3n) is 3.05. The van der Waals surface area contributed by atoms with Crippen molar-refractivity contribution in [2.75, 3.05) is 13.1 Å². The van der Waals surface area contributed by atoms with Crippen LogP contribution in [0.2, 0.25) is 0 Å². The molecule has 2 N–H and O–H groups in total. The number of carbonyl (C=O) groups excluding carboxylic acids is 3. The van der Waals surface area contributed by atoms with Gasteiger partial charge in [0.25, 0.3) is 0 Å². The summed E-state index contributed by atoms with van der Waals surface area (Å²) < 4.78 is 0. The molecule has 0 spiro atoms. The fourth-order valence-corrected chi connectivity index (χ4v) is 2.00. The zero-order valence-electron chi connectivity index (χ0n) is 11.1. The predicted octanol–water partition coefficient (Wildman–Crippen LogP) is 1.27. The number of hydrogen-bond acceptors (Lipinski definition) is 3. The average molecular weight is 275 g/mol. The molecule has 1 aromatic carbocycles. The summed E-state index contributed by atoms with van der Waals surface area (Å²) >= 11 is 0. The first-order valence-corrected chi connectivity index (χ1v) is 6.60. The molecular formula is C14H17N3O3. The van der Waals surface area contributed by atoms with Gasteiger partial charge in [-0.1, -0.05) is 30.3 Å². The van der Waals surface area contributed by atoms with Crippen molar-refractivity contribution in [1.82, 2.24) is 15.5 Å². The fourth-order valence-electron chi connectivity index (χ4n) is 2.00. The highest BCUT2D eigenvalue weighted by atomic mass is 16.2. The van der Waals surface area contributed by atoms with Gasteiger partial charge in [0.15, 0.2) is 0 Å². The SMILES string of the molecule is O=C1CN(C(=O)NCCCCc2ccccc2)C(=O)N1. The van der Waals surface area contributed by atoms with Gasteiger partial charge in [0.05, 0.1) is 0 Å². The van der Waals surface area contributed by atoms with E-state index in [2.05, 4.69) is 22.8 Å². The summed E-state index contributed by atoms with van der Waals surface area (Å²) in [6.07, 6.45) is 2.73. The van der Waals surface area contributed by atoms with Crippen LogP contribution < -0.4 is 10.6 Å². The molecule has 5 amide bonds. The molecule has 0 aliphatic carbocycles. The van der Waals surface area contributed by atoms with Gasteiger partial charge in [0.1, 0.15) is 6.54 Å². The van der Waals surface area contributed by atoms with Crippen molar-refractivity contribution in [3.05, 3.63) is 35.9 Å². The van der Waals surface area contributed by atoms with Gasteiger partial charge < -0.3 is 5.32 Å². The van der Waals surface area contributed by atoms with Crippen molar-refractivity contribution in [1.29, 1.82) is 0 Å². The highest BCUT2D eigenvalue weighted by Crippen LogP contribution is 2.04. The highest BCUT2D eigenvalue weighted by molar-refractivity contribution is 6.09. The molecule has 1 saturated heterocycles. The van der Waals surface area contributed by atoms with E-state index in [1.807, 2.05) is 18.2 Å². The van der Waals surface area contributed by atoms with Gasteiger partial charge in [-0.2, -0.15) is 0 Å². The van der Waals surface area contributed by atoms with Crippen LogP contribution in [0.4, 0.5) is 9.59 Å². The van der Waals surface area contributed by atoms with E-state index in [4.69, 9.17) is 0 Å². The summed E-state index contributed by atoms with van der Waals surface area (Å²) in [5.74, 6) is -0.450. The van der Waals surface area contributed by atoms with E-state index in [-0.39, 0.29) is 6.54 Å². The Morgan fingerprint density at radius 2 is 1.95 bits per heavy atom. The number of imide groups is 2. The number of amides is 5. The van der Waals surface area contributed by atoms with Crippen LogP contribution in [0.15, 0.2) is 30.3 Å². The third-order valence-corrected chi connectivity index (χ3v) is 3.05. The number of unbranched alkanes of at least 4 members (excludes halogenated alkanes) is 1. The molecule has 1 aliphatic heterocycles. The van der Waals surface area contributed by atoms with Gasteiger partial charge in [0.2, 0.25) is 5.91 Å². The molecule has 1 fully saturated rings. The fraction of sp³-hybridized carbons (Fsp3) is 0.357. The second-order valence-corrected chi connectivity index (χ2v) is 4.61. The lowest BCUT2D eigenvalue weighted by Crippen LogP contribution is -2.42. The number of aryl methyl sites for hydroxylation is 1. The van der Waals surface area contributed by atoms with Crippen LogP contribution in [0, 0.1) is 0 Å². The Balaban J connectivity index is 1.63. The van der Waals surface area contributed by atoms with Crippen molar-refractivity contribution >= 4 is 18.0 Å². The maximum Gasteiger partial charge on any atom is 0.332 e. The topological polar surface area (TPSA) is 78.5 Å². The smallest absolute Gasteiger partial charge is 0.332 e. The lowest BCUT2D eigenvalue weighted by Gasteiger charge is -2.12. The minimum absolute atomic E-state index is 0.200. The molecule has 0 atom stereocenters. The second kappa shape index (κ2) is 6.70. The number of nitrogens with one attached hydrogen (secondary N) is 2. The number of hydrogen-bond donors (Lipinski definition) is 2. The maximum atomic E-state index is 11.6. The molecule has 106 valence electrons. The monoisotopic (exact) mass is 275 g/mol. The highest BCUT2D eigenvalue weighted by Gasteiger charge is 2.31. The summed E-state index contributed by atoms with van der Waals surface area (Å²) in [6, 6.07) is 8.94. The summed E-state index contributed by atoms with van der Waals surface area (Å²) in [5.41, 5.74) is 1.27. The van der Waals surface area contributed by atoms with Gasteiger partial charge in [-0.05, 0) is 24.8 Å². The zero-order chi connectivity index (χ0) is 14.4. The molecule has 0 aromatic heterocycles. The van der Waals surface area contributed by atoms with Crippen LogP contribution in [-0.4, -0.2) is 36.0 Å². The van der Waals surface area contributed by atoms with E-state index >= 15 is 0 Å². The molecule has 1 heterocycles. The first-order valence-electron chi connectivity index (χ1n) is 6.60. The Bertz CT molecular complexity index is 502.